The molecule has 168 valence electrons. The van der Waals surface area contributed by atoms with E-state index in [1.165, 1.54) is 18.1 Å². The van der Waals surface area contributed by atoms with Gasteiger partial charge in [0.25, 0.3) is 0 Å². The van der Waals surface area contributed by atoms with E-state index in [4.69, 9.17) is 26.2 Å². The van der Waals surface area contributed by atoms with Crippen molar-refractivity contribution >= 4 is 58.3 Å². The Labute approximate surface area is 194 Å². The van der Waals surface area contributed by atoms with Crippen molar-refractivity contribution in [2.45, 2.75) is 6.92 Å². The van der Waals surface area contributed by atoms with Crippen LogP contribution in [0.4, 0.5) is 28.8 Å². The molecule has 3 aromatic rings. The van der Waals surface area contributed by atoms with E-state index in [1.54, 1.807) is 19.2 Å². The maximum absolute atomic E-state index is 10.8. The van der Waals surface area contributed by atoms with Gasteiger partial charge in [-0.05, 0) is 31.2 Å². The number of methoxy groups -OCH3 is 1. The third-order valence-electron chi connectivity index (χ3n) is 4.32. The Bertz CT molecular complexity index is 1120. The molecule has 0 atom stereocenters. The first kappa shape index (κ1) is 23.3. The molecule has 0 aliphatic heterocycles. The van der Waals surface area contributed by atoms with E-state index in [0.29, 0.717) is 34.0 Å². The number of rotatable bonds is 10. The SMILES string of the molecule is COc1ccc(Nc2nc(Nc3cccc(OCC(=O)O)c3C)ncc2Cl)c(NSC)c1. The monoisotopic (exact) mass is 475 g/mol. The van der Waals surface area contributed by atoms with Gasteiger partial charge in [-0.2, -0.15) is 4.98 Å². The van der Waals surface area contributed by atoms with Crippen LogP contribution in [0.15, 0.2) is 42.6 Å². The summed E-state index contributed by atoms with van der Waals surface area (Å²) in [5.41, 5.74) is 2.96. The summed E-state index contributed by atoms with van der Waals surface area (Å²) in [5, 5.41) is 15.5. The van der Waals surface area contributed by atoms with Crippen LogP contribution in [0.3, 0.4) is 0 Å². The number of hydrogen-bond donors (Lipinski definition) is 4. The number of anilines is 5. The lowest BCUT2D eigenvalue weighted by Crippen LogP contribution is -2.10. The topological polar surface area (TPSA) is 118 Å². The predicted octanol–water partition coefficient (Wildman–Crippen LogP) is 5.09. The largest absolute Gasteiger partial charge is 0.497 e. The molecule has 0 amide bonds. The Hall–Kier alpha value is -3.37. The Morgan fingerprint density at radius 2 is 2.00 bits per heavy atom. The second-order valence-corrected chi connectivity index (χ2v) is 7.49. The third-order valence-corrected chi connectivity index (χ3v) is 5.02. The highest BCUT2D eigenvalue weighted by atomic mass is 35.5. The molecule has 0 bridgehead atoms. The van der Waals surface area contributed by atoms with E-state index >= 15 is 0 Å². The second-order valence-electron chi connectivity index (χ2n) is 6.47. The first-order valence-electron chi connectivity index (χ1n) is 9.39. The molecule has 0 saturated heterocycles. The minimum Gasteiger partial charge on any atom is -0.497 e. The number of aliphatic carboxylic acids is 1. The highest BCUT2D eigenvalue weighted by Gasteiger charge is 2.12. The fourth-order valence-corrected chi connectivity index (χ4v) is 3.29. The summed E-state index contributed by atoms with van der Waals surface area (Å²) in [6.07, 6.45) is 3.41. The molecule has 0 aliphatic carbocycles. The van der Waals surface area contributed by atoms with E-state index in [2.05, 4.69) is 25.3 Å². The van der Waals surface area contributed by atoms with Crippen molar-refractivity contribution in [3.8, 4) is 11.5 Å². The van der Waals surface area contributed by atoms with E-state index in [0.717, 1.165) is 16.9 Å². The number of benzene rings is 2. The van der Waals surface area contributed by atoms with Crippen molar-refractivity contribution in [3.63, 3.8) is 0 Å². The summed E-state index contributed by atoms with van der Waals surface area (Å²) < 4.78 is 13.8. The van der Waals surface area contributed by atoms with Crippen LogP contribution in [0.2, 0.25) is 5.02 Å². The second kappa shape index (κ2) is 10.8. The molecule has 1 heterocycles. The Morgan fingerprint density at radius 3 is 2.72 bits per heavy atom. The van der Waals surface area contributed by atoms with Crippen molar-refractivity contribution < 1.29 is 19.4 Å². The molecule has 4 N–H and O–H groups in total. The predicted molar refractivity (Wildman–Crippen MR) is 128 cm³/mol. The Balaban J connectivity index is 1.84. The molecule has 11 heteroatoms. The number of halogens is 1. The van der Waals surface area contributed by atoms with Gasteiger partial charge < -0.3 is 29.9 Å². The molecule has 1 aromatic heterocycles. The lowest BCUT2D eigenvalue weighted by molar-refractivity contribution is -0.139. The van der Waals surface area contributed by atoms with Gasteiger partial charge in [0.05, 0.1) is 24.7 Å². The summed E-state index contributed by atoms with van der Waals surface area (Å²) in [7, 11) is 1.61. The van der Waals surface area contributed by atoms with Crippen molar-refractivity contribution in [3.05, 3.63) is 53.2 Å². The van der Waals surface area contributed by atoms with Gasteiger partial charge >= 0.3 is 5.97 Å². The van der Waals surface area contributed by atoms with Crippen LogP contribution in [0, 0.1) is 6.92 Å². The molecule has 0 fully saturated rings. The normalized spacial score (nSPS) is 10.4. The molecular weight excluding hydrogens is 454 g/mol. The van der Waals surface area contributed by atoms with Crippen molar-refractivity contribution in [2.75, 3.05) is 35.3 Å². The fourth-order valence-electron chi connectivity index (χ4n) is 2.76. The van der Waals surface area contributed by atoms with Crippen LogP contribution in [0.1, 0.15) is 5.56 Å². The zero-order valence-electron chi connectivity index (χ0n) is 17.6. The number of ether oxygens (including phenoxy) is 2. The molecule has 2 aromatic carbocycles. The smallest absolute Gasteiger partial charge is 0.341 e. The zero-order valence-corrected chi connectivity index (χ0v) is 19.2. The standard InChI is InChI=1S/C21H22ClN5O4S/c1-12-15(5-4-6-18(12)31-11-19(28)29)25-21-23-10-14(22)20(26-21)24-16-8-7-13(30-2)9-17(16)27-32-3/h4-10,27H,11H2,1-3H3,(H,28,29)(H2,23,24,25,26). The van der Waals surface area contributed by atoms with Crippen LogP contribution in [-0.4, -0.2) is 41.0 Å². The number of carboxylic acids is 1. The number of aromatic nitrogens is 2. The number of hydrogen-bond acceptors (Lipinski definition) is 9. The maximum atomic E-state index is 10.8. The van der Waals surface area contributed by atoms with Gasteiger partial charge in [0.2, 0.25) is 5.95 Å². The average molecular weight is 476 g/mol. The average Bonchev–Trinajstić information content (AvgIpc) is 2.77. The number of carbonyl (C=O) groups is 1. The van der Waals surface area contributed by atoms with Gasteiger partial charge in [0.15, 0.2) is 12.4 Å². The van der Waals surface area contributed by atoms with Crippen molar-refractivity contribution in [2.24, 2.45) is 0 Å². The van der Waals surface area contributed by atoms with Crippen LogP contribution in [0.5, 0.6) is 11.5 Å². The molecule has 0 radical (unpaired) electrons. The van der Waals surface area contributed by atoms with E-state index in [1.807, 2.05) is 37.4 Å². The van der Waals surface area contributed by atoms with Gasteiger partial charge in [-0.15, -0.1) is 0 Å². The minimum absolute atomic E-state index is 0.309. The molecule has 0 spiro atoms. The van der Waals surface area contributed by atoms with Crippen LogP contribution >= 0.6 is 23.5 Å². The third kappa shape index (κ3) is 5.86. The first-order valence-corrected chi connectivity index (χ1v) is 11.0. The quantitative estimate of drug-likeness (QED) is 0.295. The van der Waals surface area contributed by atoms with Gasteiger partial charge in [-0.3, -0.25) is 0 Å². The van der Waals surface area contributed by atoms with Gasteiger partial charge in [-0.1, -0.05) is 29.6 Å². The van der Waals surface area contributed by atoms with Crippen LogP contribution in [0.25, 0.3) is 0 Å². The zero-order chi connectivity index (χ0) is 23.1. The molecule has 32 heavy (non-hydrogen) atoms. The van der Waals surface area contributed by atoms with Gasteiger partial charge in [-0.25, -0.2) is 9.78 Å². The summed E-state index contributed by atoms with van der Waals surface area (Å²) in [4.78, 5) is 19.5. The molecule has 0 unspecified atom stereocenters. The highest BCUT2D eigenvalue weighted by molar-refractivity contribution is 7.99. The van der Waals surface area contributed by atoms with Gasteiger partial charge in [0, 0.05) is 23.6 Å². The summed E-state index contributed by atoms with van der Waals surface area (Å²) >= 11 is 7.77. The van der Waals surface area contributed by atoms with Crippen molar-refractivity contribution in [1.82, 2.24) is 9.97 Å². The van der Waals surface area contributed by atoms with E-state index in [-0.39, 0.29) is 0 Å². The molecule has 9 nitrogen and oxygen atoms in total. The Kier molecular flexibility index (Phi) is 7.85. The summed E-state index contributed by atoms with van der Waals surface area (Å²) in [5.74, 6) is 0.838. The molecule has 0 aliphatic rings. The van der Waals surface area contributed by atoms with Gasteiger partial charge in [0.1, 0.15) is 16.5 Å². The maximum Gasteiger partial charge on any atom is 0.341 e. The van der Waals surface area contributed by atoms with Crippen LogP contribution < -0.4 is 24.8 Å². The minimum atomic E-state index is -1.05. The van der Waals surface area contributed by atoms with E-state index in [9.17, 15) is 4.79 Å². The molecule has 3 rings (SSSR count). The lowest BCUT2D eigenvalue weighted by atomic mass is 10.2. The first-order chi connectivity index (χ1) is 15.4. The summed E-state index contributed by atoms with van der Waals surface area (Å²) in [6, 6.07) is 10.8. The number of nitrogens with zero attached hydrogens (tertiary/aromatic N) is 2. The van der Waals surface area contributed by atoms with Crippen LogP contribution in [-0.2, 0) is 4.79 Å². The lowest BCUT2D eigenvalue weighted by Gasteiger charge is -2.16. The fraction of sp³-hybridized carbons (Fsp3) is 0.190. The summed E-state index contributed by atoms with van der Waals surface area (Å²) in [6.45, 7) is 1.39. The van der Waals surface area contributed by atoms with E-state index < -0.39 is 12.6 Å². The highest BCUT2D eigenvalue weighted by Crippen LogP contribution is 2.33. The van der Waals surface area contributed by atoms with Crippen molar-refractivity contribution in [1.29, 1.82) is 0 Å². The molecular formula is C21H22ClN5O4S. The number of carboxylic acid groups (broad SMARTS) is 1. The Morgan fingerprint density at radius 1 is 1.19 bits per heavy atom. The molecule has 0 saturated carbocycles. The number of nitrogens with one attached hydrogen (secondary N) is 3.